The first-order valence-electron chi connectivity index (χ1n) is 9.04. The van der Waals surface area contributed by atoms with Crippen LogP contribution in [0, 0.1) is 0 Å². The summed E-state index contributed by atoms with van der Waals surface area (Å²) in [7, 11) is 0. The van der Waals surface area contributed by atoms with Crippen molar-refractivity contribution in [3.63, 3.8) is 0 Å². The molecule has 1 atom stereocenters. The van der Waals surface area contributed by atoms with Crippen molar-refractivity contribution in [2.45, 2.75) is 30.7 Å². The van der Waals surface area contributed by atoms with Gasteiger partial charge in [0.05, 0.1) is 16.5 Å². The topological polar surface area (TPSA) is 84.2 Å². The number of carbonyl (C=O) groups excluding carboxylic acids is 1. The van der Waals surface area contributed by atoms with Crippen LogP contribution in [0.3, 0.4) is 0 Å². The zero-order valence-corrected chi connectivity index (χ0v) is 17.5. The van der Waals surface area contributed by atoms with Gasteiger partial charge in [0.25, 0.3) is 5.56 Å². The molecule has 0 aliphatic rings. The number of nitrogens with one attached hydrogen (secondary N) is 1. The fraction of sp³-hybridized carbons (Fsp3) is 0.190. The maximum absolute atomic E-state index is 13.0. The Hall–Kier alpha value is -2.77. The van der Waals surface area contributed by atoms with Crippen LogP contribution in [0.2, 0.25) is 5.02 Å². The van der Waals surface area contributed by atoms with Crippen LogP contribution < -0.4 is 10.9 Å². The molecule has 3 aromatic rings. The van der Waals surface area contributed by atoms with E-state index in [0.717, 1.165) is 11.8 Å². The standard InChI is InChI=1S/C21H20ClN3O3S/c1-3-17-19(27)24-21(25(20(17)28)16-10-5-4-6-11-16)29-13(2)18(26)23-15-9-7-8-14(22)12-15/h4-13,27H,3H2,1-2H3,(H,23,26)/t13-/m1/s1. The highest BCUT2D eigenvalue weighted by atomic mass is 35.5. The number of benzene rings is 2. The number of carbonyl (C=O) groups is 1. The van der Waals surface area contributed by atoms with Crippen LogP contribution in [0.1, 0.15) is 19.4 Å². The second-order valence-electron chi connectivity index (χ2n) is 6.29. The third-order valence-corrected chi connectivity index (χ3v) is 5.52. The minimum Gasteiger partial charge on any atom is -0.493 e. The fourth-order valence-electron chi connectivity index (χ4n) is 2.74. The zero-order valence-electron chi connectivity index (χ0n) is 15.9. The van der Waals surface area contributed by atoms with Gasteiger partial charge in [-0.1, -0.05) is 54.6 Å². The van der Waals surface area contributed by atoms with Gasteiger partial charge in [-0.3, -0.25) is 14.2 Å². The normalized spacial score (nSPS) is 11.8. The lowest BCUT2D eigenvalue weighted by Crippen LogP contribution is -2.27. The first-order chi connectivity index (χ1) is 13.9. The van der Waals surface area contributed by atoms with Gasteiger partial charge >= 0.3 is 0 Å². The first-order valence-corrected chi connectivity index (χ1v) is 10.3. The van der Waals surface area contributed by atoms with Gasteiger partial charge in [-0.15, -0.1) is 0 Å². The van der Waals surface area contributed by atoms with E-state index in [2.05, 4.69) is 10.3 Å². The monoisotopic (exact) mass is 429 g/mol. The lowest BCUT2D eigenvalue weighted by molar-refractivity contribution is -0.115. The van der Waals surface area contributed by atoms with Crippen LogP contribution in [0.5, 0.6) is 5.88 Å². The van der Waals surface area contributed by atoms with Crippen molar-refractivity contribution in [2.75, 3.05) is 5.32 Å². The lowest BCUT2D eigenvalue weighted by Gasteiger charge is -2.17. The van der Waals surface area contributed by atoms with E-state index >= 15 is 0 Å². The van der Waals surface area contributed by atoms with E-state index in [9.17, 15) is 14.7 Å². The van der Waals surface area contributed by atoms with Gasteiger partial charge in [0.2, 0.25) is 11.8 Å². The molecule has 0 aliphatic heterocycles. The molecule has 0 bridgehead atoms. The van der Waals surface area contributed by atoms with Crippen molar-refractivity contribution in [3.8, 4) is 11.6 Å². The first kappa shape index (κ1) is 21.0. The Morgan fingerprint density at radius 1 is 1.24 bits per heavy atom. The molecule has 2 aromatic carbocycles. The van der Waals surface area contributed by atoms with Crippen molar-refractivity contribution in [1.82, 2.24) is 9.55 Å². The summed E-state index contributed by atoms with van der Waals surface area (Å²) in [5.74, 6) is -0.584. The molecule has 29 heavy (non-hydrogen) atoms. The van der Waals surface area contributed by atoms with Crippen LogP contribution in [-0.2, 0) is 11.2 Å². The summed E-state index contributed by atoms with van der Waals surface area (Å²) in [4.78, 5) is 29.8. The Labute approximate surface area is 177 Å². The van der Waals surface area contributed by atoms with Gasteiger partial charge < -0.3 is 10.4 Å². The fourth-order valence-corrected chi connectivity index (χ4v) is 3.85. The Morgan fingerprint density at radius 2 is 1.97 bits per heavy atom. The van der Waals surface area contributed by atoms with Crippen LogP contribution >= 0.6 is 23.4 Å². The van der Waals surface area contributed by atoms with Gasteiger partial charge in [0.1, 0.15) is 0 Å². The van der Waals surface area contributed by atoms with Crippen LogP contribution in [0.4, 0.5) is 5.69 Å². The van der Waals surface area contributed by atoms with Gasteiger partial charge in [0, 0.05) is 10.7 Å². The largest absolute Gasteiger partial charge is 0.493 e. The van der Waals surface area contributed by atoms with E-state index in [4.69, 9.17) is 11.6 Å². The molecule has 1 aromatic heterocycles. The predicted molar refractivity (Wildman–Crippen MR) is 116 cm³/mol. The molecule has 2 N–H and O–H groups in total. The van der Waals surface area contributed by atoms with E-state index in [1.807, 2.05) is 18.2 Å². The molecule has 1 amide bonds. The Kier molecular flexibility index (Phi) is 6.61. The number of nitrogens with zero attached hydrogens (tertiary/aromatic N) is 2. The highest BCUT2D eigenvalue weighted by molar-refractivity contribution is 8.00. The molecule has 0 unspecified atom stereocenters. The summed E-state index contributed by atoms with van der Waals surface area (Å²) in [6.45, 7) is 3.48. The third kappa shape index (κ3) is 4.81. The third-order valence-electron chi connectivity index (χ3n) is 4.24. The smallest absolute Gasteiger partial charge is 0.265 e. The molecule has 3 rings (SSSR count). The second-order valence-corrected chi connectivity index (χ2v) is 8.03. The lowest BCUT2D eigenvalue weighted by atomic mass is 10.2. The Morgan fingerprint density at radius 3 is 2.62 bits per heavy atom. The summed E-state index contributed by atoms with van der Waals surface area (Å²) in [6.07, 6.45) is 0.347. The summed E-state index contributed by atoms with van der Waals surface area (Å²) in [5.41, 5.74) is 1.07. The highest BCUT2D eigenvalue weighted by Gasteiger charge is 2.22. The maximum Gasteiger partial charge on any atom is 0.265 e. The minimum atomic E-state index is -0.581. The molecular weight excluding hydrogens is 410 g/mol. The average molecular weight is 430 g/mol. The Bertz CT molecular complexity index is 1090. The molecule has 0 spiro atoms. The zero-order chi connectivity index (χ0) is 21.0. The van der Waals surface area contributed by atoms with Crippen LogP contribution in [-0.4, -0.2) is 25.8 Å². The number of amides is 1. The molecule has 150 valence electrons. The van der Waals surface area contributed by atoms with Crippen molar-refractivity contribution in [1.29, 1.82) is 0 Å². The number of para-hydroxylation sites is 1. The van der Waals surface area contributed by atoms with Gasteiger partial charge in [-0.05, 0) is 43.7 Å². The number of halogens is 1. The SMILES string of the molecule is CCc1c(O)nc(S[C@H](C)C(=O)Nc2cccc(Cl)c2)n(-c2ccccc2)c1=O. The van der Waals surface area contributed by atoms with E-state index in [1.165, 1.54) is 4.57 Å². The van der Waals surface area contributed by atoms with Crippen molar-refractivity contribution in [2.24, 2.45) is 0 Å². The van der Waals surface area contributed by atoms with E-state index < -0.39 is 5.25 Å². The number of aromatic nitrogens is 2. The van der Waals surface area contributed by atoms with E-state index in [1.54, 1.807) is 50.2 Å². The van der Waals surface area contributed by atoms with Crippen LogP contribution in [0.15, 0.2) is 64.5 Å². The number of hydrogen-bond donors (Lipinski definition) is 2. The number of thioether (sulfide) groups is 1. The second kappa shape index (κ2) is 9.15. The summed E-state index contributed by atoms with van der Waals surface area (Å²) >= 11 is 7.05. The van der Waals surface area contributed by atoms with E-state index in [0.29, 0.717) is 22.8 Å². The highest BCUT2D eigenvalue weighted by Crippen LogP contribution is 2.27. The van der Waals surface area contributed by atoms with Crippen LogP contribution in [0.25, 0.3) is 5.69 Å². The average Bonchev–Trinajstić information content (AvgIpc) is 2.69. The molecule has 0 saturated carbocycles. The summed E-state index contributed by atoms with van der Waals surface area (Å²) in [5, 5.41) is 13.2. The van der Waals surface area contributed by atoms with Crippen molar-refractivity contribution < 1.29 is 9.90 Å². The number of aromatic hydroxyl groups is 1. The minimum absolute atomic E-state index is 0.231. The predicted octanol–water partition coefficient (Wildman–Crippen LogP) is 4.27. The molecule has 8 heteroatoms. The number of anilines is 1. The molecule has 1 heterocycles. The van der Waals surface area contributed by atoms with Gasteiger partial charge in [-0.25, -0.2) is 0 Å². The quantitative estimate of drug-likeness (QED) is 0.451. The molecule has 0 aliphatic carbocycles. The molecular formula is C21H20ClN3O3S. The number of hydrogen-bond acceptors (Lipinski definition) is 5. The molecule has 0 fully saturated rings. The molecule has 0 radical (unpaired) electrons. The summed E-state index contributed by atoms with van der Waals surface area (Å²) in [6, 6.07) is 15.9. The Balaban J connectivity index is 1.93. The van der Waals surface area contributed by atoms with E-state index in [-0.39, 0.29) is 28.1 Å². The number of rotatable bonds is 6. The van der Waals surface area contributed by atoms with Gasteiger partial charge in [-0.2, -0.15) is 4.98 Å². The molecule has 6 nitrogen and oxygen atoms in total. The van der Waals surface area contributed by atoms with Gasteiger partial charge in [0.15, 0.2) is 5.16 Å². The van der Waals surface area contributed by atoms with Crippen molar-refractivity contribution in [3.05, 3.63) is 75.5 Å². The molecule has 0 saturated heterocycles. The van der Waals surface area contributed by atoms with Crippen molar-refractivity contribution >= 4 is 35.0 Å². The maximum atomic E-state index is 13.0. The summed E-state index contributed by atoms with van der Waals surface area (Å²) < 4.78 is 1.42.